The number of hydrogen-bond donors (Lipinski definition) is 1. The molecule has 0 aromatic heterocycles. The Kier molecular flexibility index (Phi) is 4.16. The maximum atomic E-state index is 3.55. The largest absolute Gasteiger partial charge is 0.310 e. The zero-order chi connectivity index (χ0) is 9.84. The maximum Gasteiger partial charge on any atom is 0.0323 e. The van der Waals surface area contributed by atoms with Gasteiger partial charge in [-0.3, -0.25) is 4.90 Å². The van der Waals surface area contributed by atoms with Gasteiger partial charge in [-0.25, -0.2) is 0 Å². The zero-order valence-electron chi connectivity index (χ0n) is 9.38. The van der Waals surface area contributed by atoms with Crippen LogP contribution in [0.5, 0.6) is 0 Å². The van der Waals surface area contributed by atoms with E-state index in [1.807, 2.05) is 0 Å². The highest BCUT2D eigenvalue weighted by Gasteiger charge is 2.27. The molecular formula is C10H23N3. The summed E-state index contributed by atoms with van der Waals surface area (Å²) < 4.78 is 0. The number of rotatable bonds is 5. The van der Waals surface area contributed by atoms with Crippen molar-refractivity contribution in [1.29, 1.82) is 0 Å². The average molecular weight is 185 g/mol. The number of likely N-dealkylation sites (N-methyl/N-ethyl adjacent to an activating group) is 1. The Morgan fingerprint density at radius 1 is 1.38 bits per heavy atom. The molecule has 1 aliphatic heterocycles. The highest BCUT2D eigenvalue weighted by Crippen LogP contribution is 2.10. The van der Waals surface area contributed by atoms with Crippen molar-refractivity contribution in [2.24, 2.45) is 0 Å². The van der Waals surface area contributed by atoms with E-state index in [1.165, 1.54) is 13.1 Å². The van der Waals surface area contributed by atoms with Crippen molar-refractivity contribution < 1.29 is 0 Å². The average Bonchev–Trinajstić information content (AvgIpc) is 1.92. The van der Waals surface area contributed by atoms with Gasteiger partial charge in [0.2, 0.25) is 0 Å². The van der Waals surface area contributed by atoms with Crippen LogP contribution in [-0.2, 0) is 0 Å². The number of nitrogens with one attached hydrogen (secondary N) is 1. The second-order valence-corrected chi connectivity index (χ2v) is 4.50. The van der Waals surface area contributed by atoms with Crippen LogP contribution in [0, 0.1) is 0 Å². The van der Waals surface area contributed by atoms with Crippen LogP contribution in [-0.4, -0.2) is 62.2 Å². The molecule has 1 rings (SSSR count). The Hall–Kier alpha value is -0.120. The topological polar surface area (TPSA) is 18.5 Å². The molecule has 0 aromatic carbocycles. The number of hydrogen-bond acceptors (Lipinski definition) is 3. The molecule has 0 unspecified atom stereocenters. The lowest BCUT2D eigenvalue weighted by atomic mass is 10.1. The highest BCUT2D eigenvalue weighted by atomic mass is 15.3. The molecule has 0 radical (unpaired) electrons. The van der Waals surface area contributed by atoms with Crippen molar-refractivity contribution in [2.75, 3.05) is 40.3 Å². The molecule has 1 N–H and O–H groups in total. The lowest BCUT2D eigenvalue weighted by molar-refractivity contribution is 0.0912. The van der Waals surface area contributed by atoms with E-state index in [1.54, 1.807) is 0 Å². The van der Waals surface area contributed by atoms with Crippen LogP contribution in [0.15, 0.2) is 0 Å². The molecule has 1 fully saturated rings. The summed E-state index contributed by atoms with van der Waals surface area (Å²) in [5.74, 6) is 0. The van der Waals surface area contributed by atoms with E-state index in [9.17, 15) is 0 Å². The Morgan fingerprint density at radius 2 is 2.00 bits per heavy atom. The monoisotopic (exact) mass is 185 g/mol. The molecule has 0 saturated carbocycles. The van der Waals surface area contributed by atoms with Gasteiger partial charge in [0.25, 0.3) is 0 Å². The smallest absolute Gasteiger partial charge is 0.0323 e. The molecule has 1 saturated heterocycles. The lowest BCUT2D eigenvalue weighted by Crippen LogP contribution is -2.60. The van der Waals surface area contributed by atoms with Crippen molar-refractivity contribution >= 4 is 0 Å². The van der Waals surface area contributed by atoms with E-state index in [0.29, 0.717) is 6.04 Å². The van der Waals surface area contributed by atoms with Crippen molar-refractivity contribution in [1.82, 2.24) is 15.1 Å². The quantitative estimate of drug-likeness (QED) is 0.661. The first-order valence-corrected chi connectivity index (χ1v) is 5.21. The Balaban J connectivity index is 1.96. The minimum Gasteiger partial charge on any atom is -0.310 e. The summed E-state index contributed by atoms with van der Waals surface area (Å²) in [6.45, 7) is 9.23. The molecule has 0 atom stereocenters. The lowest BCUT2D eigenvalue weighted by Gasteiger charge is -2.42. The normalized spacial score (nSPS) is 19.8. The molecule has 0 aliphatic carbocycles. The number of nitrogens with zero attached hydrogens (tertiary/aromatic N) is 2. The van der Waals surface area contributed by atoms with E-state index in [4.69, 9.17) is 0 Å². The summed E-state index contributed by atoms with van der Waals surface area (Å²) in [6.07, 6.45) is 0. The van der Waals surface area contributed by atoms with E-state index in [-0.39, 0.29) is 0 Å². The molecule has 0 spiro atoms. The van der Waals surface area contributed by atoms with Gasteiger partial charge in [-0.1, -0.05) is 0 Å². The molecule has 0 bridgehead atoms. The minimum atomic E-state index is 0.715. The third-order valence-corrected chi connectivity index (χ3v) is 2.63. The summed E-state index contributed by atoms with van der Waals surface area (Å²) in [4.78, 5) is 4.71. The summed E-state index contributed by atoms with van der Waals surface area (Å²) in [7, 11) is 4.23. The molecule has 1 aliphatic rings. The fraction of sp³-hybridized carbons (Fsp3) is 1.00. The SMILES string of the molecule is CC(C)N1CC(NCCN(C)C)C1. The van der Waals surface area contributed by atoms with E-state index >= 15 is 0 Å². The third kappa shape index (κ3) is 3.63. The summed E-state index contributed by atoms with van der Waals surface area (Å²) in [5, 5.41) is 3.55. The van der Waals surface area contributed by atoms with Gasteiger partial charge in [0.15, 0.2) is 0 Å². The van der Waals surface area contributed by atoms with Crippen LogP contribution in [0.3, 0.4) is 0 Å². The molecule has 0 amide bonds. The van der Waals surface area contributed by atoms with Crippen LogP contribution in [0.4, 0.5) is 0 Å². The molecule has 3 nitrogen and oxygen atoms in total. The number of likely N-dealkylation sites (tertiary alicyclic amines) is 1. The Bertz CT molecular complexity index is 139. The second kappa shape index (κ2) is 4.94. The highest BCUT2D eigenvalue weighted by molar-refractivity contribution is 4.87. The Morgan fingerprint density at radius 3 is 2.46 bits per heavy atom. The predicted molar refractivity (Wildman–Crippen MR) is 57.1 cm³/mol. The van der Waals surface area contributed by atoms with Crippen LogP contribution in [0.25, 0.3) is 0 Å². The van der Waals surface area contributed by atoms with Crippen molar-refractivity contribution in [3.63, 3.8) is 0 Å². The fourth-order valence-corrected chi connectivity index (χ4v) is 1.56. The van der Waals surface area contributed by atoms with Gasteiger partial charge in [0.05, 0.1) is 0 Å². The van der Waals surface area contributed by atoms with Gasteiger partial charge >= 0.3 is 0 Å². The van der Waals surface area contributed by atoms with E-state index in [2.05, 4.69) is 43.1 Å². The maximum absolute atomic E-state index is 3.55. The standard InChI is InChI=1S/C10H23N3/c1-9(2)13-7-10(8-13)11-5-6-12(3)4/h9-11H,5-8H2,1-4H3. The van der Waals surface area contributed by atoms with Gasteiger partial charge in [-0.05, 0) is 27.9 Å². The van der Waals surface area contributed by atoms with Gasteiger partial charge in [0, 0.05) is 38.3 Å². The summed E-state index contributed by atoms with van der Waals surface area (Å²) >= 11 is 0. The van der Waals surface area contributed by atoms with Crippen LogP contribution >= 0.6 is 0 Å². The first-order chi connectivity index (χ1) is 6.09. The van der Waals surface area contributed by atoms with Crippen molar-refractivity contribution in [3.8, 4) is 0 Å². The molecule has 78 valence electrons. The van der Waals surface area contributed by atoms with Gasteiger partial charge < -0.3 is 10.2 Å². The summed E-state index contributed by atoms with van der Waals surface area (Å²) in [5.41, 5.74) is 0. The third-order valence-electron chi connectivity index (χ3n) is 2.63. The van der Waals surface area contributed by atoms with E-state index < -0.39 is 0 Å². The molecule has 0 aromatic rings. The van der Waals surface area contributed by atoms with Crippen LogP contribution in [0.2, 0.25) is 0 Å². The molecule has 3 heteroatoms. The first-order valence-electron chi connectivity index (χ1n) is 5.21. The van der Waals surface area contributed by atoms with Crippen molar-refractivity contribution in [3.05, 3.63) is 0 Å². The molecule has 13 heavy (non-hydrogen) atoms. The fourth-order valence-electron chi connectivity index (χ4n) is 1.56. The minimum absolute atomic E-state index is 0.715. The molecule has 1 heterocycles. The Labute approximate surface area is 82.1 Å². The zero-order valence-corrected chi connectivity index (χ0v) is 9.38. The van der Waals surface area contributed by atoms with Gasteiger partial charge in [0.1, 0.15) is 0 Å². The van der Waals surface area contributed by atoms with Crippen LogP contribution < -0.4 is 5.32 Å². The molecular weight excluding hydrogens is 162 g/mol. The van der Waals surface area contributed by atoms with E-state index in [0.717, 1.165) is 19.1 Å². The predicted octanol–water partition coefficient (Wildman–Crippen LogP) is 0.230. The summed E-state index contributed by atoms with van der Waals surface area (Å²) in [6, 6.07) is 1.45. The van der Waals surface area contributed by atoms with Gasteiger partial charge in [-0.15, -0.1) is 0 Å². The second-order valence-electron chi connectivity index (χ2n) is 4.50. The van der Waals surface area contributed by atoms with Gasteiger partial charge in [-0.2, -0.15) is 0 Å². The van der Waals surface area contributed by atoms with Crippen LogP contribution in [0.1, 0.15) is 13.8 Å². The van der Waals surface area contributed by atoms with Crippen molar-refractivity contribution in [2.45, 2.75) is 25.9 Å². The first kappa shape index (κ1) is 11.0.